The van der Waals surface area contributed by atoms with Crippen LogP contribution in [0.3, 0.4) is 0 Å². The van der Waals surface area contributed by atoms with Gasteiger partial charge in [0, 0.05) is 6.92 Å². The number of benzene rings is 1. The summed E-state index contributed by atoms with van der Waals surface area (Å²) in [4.78, 5) is 4.31. The number of fused-ring (bicyclic) bond motifs is 1. The van der Waals surface area contributed by atoms with Crippen LogP contribution in [0.5, 0.6) is 0 Å². The third-order valence-electron chi connectivity index (χ3n) is 2.05. The predicted octanol–water partition coefficient (Wildman–Crippen LogP) is 4.81. The summed E-state index contributed by atoms with van der Waals surface area (Å²) in [6, 6.07) is 4.13. The molecule has 0 saturated carbocycles. The van der Waals surface area contributed by atoms with Gasteiger partial charge in [-0.3, -0.25) is 0 Å². The molecule has 0 aliphatic heterocycles. The molecule has 0 saturated heterocycles. The van der Waals surface area contributed by atoms with Crippen molar-refractivity contribution in [2.75, 3.05) is 0 Å². The minimum atomic E-state index is 0.738. The lowest BCUT2D eigenvalue weighted by atomic mass is 10.1. The van der Waals surface area contributed by atoms with Gasteiger partial charge >= 0.3 is 0 Å². The quantitative estimate of drug-likeness (QED) is 0.638. The van der Waals surface area contributed by atoms with Crippen molar-refractivity contribution in [3.8, 4) is 0 Å². The van der Waals surface area contributed by atoms with Crippen LogP contribution < -0.4 is 0 Å². The molecule has 0 fully saturated rings. The van der Waals surface area contributed by atoms with Gasteiger partial charge in [0.25, 0.3) is 0 Å². The van der Waals surface area contributed by atoms with E-state index in [2.05, 4.69) is 17.1 Å². The fraction of sp³-hybridized carbons (Fsp3) is 0.500. The van der Waals surface area contributed by atoms with Gasteiger partial charge in [-0.15, -0.1) is 0 Å². The third-order valence-corrected chi connectivity index (χ3v) is 2.05. The molecule has 0 N–H and O–H groups in total. The molecule has 0 aliphatic rings. The highest BCUT2D eigenvalue weighted by Gasteiger charge is 2.06. The van der Waals surface area contributed by atoms with Crippen LogP contribution in [0.1, 0.15) is 44.7 Å². The lowest BCUT2D eigenvalue weighted by Crippen LogP contribution is -1.78. The lowest BCUT2D eigenvalue weighted by Gasteiger charge is -1.94. The molecular formula is C14H23NO. The van der Waals surface area contributed by atoms with Crippen LogP contribution in [0.25, 0.3) is 11.1 Å². The molecule has 1 aromatic carbocycles. The standard InChI is InChI=1S/C10H11NO.2C2H6/c1-6-4-5-7(2)10-9(6)11-8(3)12-10;2*1-2/h4-5H,1-3H3;2*1-2H3. The van der Waals surface area contributed by atoms with Gasteiger partial charge in [0.15, 0.2) is 11.5 Å². The SMILES string of the molecule is CC.CC.Cc1nc2c(C)ccc(C)c2o1. The summed E-state index contributed by atoms with van der Waals surface area (Å²) in [5, 5.41) is 0. The highest BCUT2D eigenvalue weighted by Crippen LogP contribution is 2.21. The fourth-order valence-electron chi connectivity index (χ4n) is 1.37. The second-order valence-corrected chi connectivity index (χ2v) is 3.11. The highest BCUT2D eigenvalue weighted by atomic mass is 16.3. The first-order valence-electron chi connectivity index (χ1n) is 6.02. The van der Waals surface area contributed by atoms with E-state index in [4.69, 9.17) is 4.42 Å². The van der Waals surface area contributed by atoms with Crippen molar-refractivity contribution in [2.45, 2.75) is 48.5 Å². The minimum absolute atomic E-state index is 0.738. The summed E-state index contributed by atoms with van der Waals surface area (Å²) in [6.07, 6.45) is 0. The molecule has 0 spiro atoms. The molecule has 0 unspecified atom stereocenters. The summed E-state index contributed by atoms with van der Waals surface area (Å²) in [5.41, 5.74) is 4.24. The van der Waals surface area contributed by atoms with Crippen LogP contribution in [-0.4, -0.2) is 4.98 Å². The summed E-state index contributed by atoms with van der Waals surface area (Å²) in [7, 11) is 0. The van der Waals surface area contributed by atoms with Gasteiger partial charge in [-0.05, 0) is 25.0 Å². The zero-order chi connectivity index (χ0) is 12.7. The van der Waals surface area contributed by atoms with E-state index in [0.29, 0.717) is 0 Å². The first-order chi connectivity index (χ1) is 7.68. The second kappa shape index (κ2) is 7.04. The summed E-state index contributed by atoms with van der Waals surface area (Å²) < 4.78 is 5.47. The number of aryl methyl sites for hydroxylation is 3. The van der Waals surface area contributed by atoms with Gasteiger partial charge in [-0.25, -0.2) is 4.98 Å². The van der Waals surface area contributed by atoms with Gasteiger partial charge < -0.3 is 4.42 Å². The van der Waals surface area contributed by atoms with Crippen LogP contribution in [-0.2, 0) is 0 Å². The maximum absolute atomic E-state index is 5.47. The minimum Gasteiger partial charge on any atom is -0.441 e. The number of oxazole rings is 1. The number of nitrogens with zero attached hydrogens (tertiary/aromatic N) is 1. The average molecular weight is 221 g/mol. The monoisotopic (exact) mass is 221 g/mol. The van der Waals surface area contributed by atoms with Crippen molar-refractivity contribution in [1.29, 1.82) is 0 Å². The van der Waals surface area contributed by atoms with Crippen LogP contribution in [0.4, 0.5) is 0 Å². The molecule has 0 amide bonds. The van der Waals surface area contributed by atoms with E-state index in [0.717, 1.165) is 22.6 Å². The Bertz CT molecular complexity index is 390. The van der Waals surface area contributed by atoms with Crippen LogP contribution >= 0.6 is 0 Å². The molecule has 0 bridgehead atoms. The molecule has 2 rings (SSSR count). The van der Waals surface area contributed by atoms with Crippen molar-refractivity contribution in [3.63, 3.8) is 0 Å². The molecule has 0 radical (unpaired) electrons. The van der Waals surface area contributed by atoms with Crippen molar-refractivity contribution in [3.05, 3.63) is 29.2 Å². The van der Waals surface area contributed by atoms with Crippen molar-refractivity contribution < 1.29 is 4.42 Å². The lowest BCUT2D eigenvalue weighted by molar-refractivity contribution is 0.559. The number of aromatic nitrogens is 1. The van der Waals surface area contributed by atoms with Crippen LogP contribution in [0.15, 0.2) is 16.5 Å². The van der Waals surface area contributed by atoms with E-state index < -0.39 is 0 Å². The molecule has 2 nitrogen and oxygen atoms in total. The smallest absolute Gasteiger partial charge is 0.192 e. The maximum atomic E-state index is 5.47. The van der Waals surface area contributed by atoms with Gasteiger partial charge in [0.05, 0.1) is 0 Å². The zero-order valence-electron chi connectivity index (χ0n) is 11.5. The molecular weight excluding hydrogens is 198 g/mol. The van der Waals surface area contributed by atoms with E-state index in [-0.39, 0.29) is 0 Å². The molecule has 2 heteroatoms. The number of hydrogen-bond acceptors (Lipinski definition) is 2. The molecule has 1 aromatic heterocycles. The zero-order valence-corrected chi connectivity index (χ0v) is 11.5. The van der Waals surface area contributed by atoms with Crippen molar-refractivity contribution >= 4 is 11.1 Å². The molecule has 90 valence electrons. The Labute approximate surface area is 98.7 Å². The van der Waals surface area contributed by atoms with Crippen LogP contribution in [0, 0.1) is 20.8 Å². The van der Waals surface area contributed by atoms with Crippen molar-refractivity contribution in [1.82, 2.24) is 4.98 Å². The van der Waals surface area contributed by atoms with Crippen molar-refractivity contribution in [2.24, 2.45) is 0 Å². The molecule has 0 aliphatic carbocycles. The number of rotatable bonds is 0. The summed E-state index contributed by atoms with van der Waals surface area (Å²) >= 11 is 0. The first kappa shape index (κ1) is 14.7. The van der Waals surface area contributed by atoms with E-state index >= 15 is 0 Å². The summed E-state index contributed by atoms with van der Waals surface area (Å²) in [5.74, 6) is 0.738. The van der Waals surface area contributed by atoms with Gasteiger partial charge in [0.2, 0.25) is 0 Å². The summed E-state index contributed by atoms with van der Waals surface area (Å²) in [6.45, 7) is 14.0. The Hall–Kier alpha value is -1.31. The predicted molar refractivity (Wildman–Crippen MR) is 70.9 cm³/mol. The second-order valence-electron chi connectivity index (χ2n) is 3.11. The molecule has 2 aromatic rings. The molecule has 1 heterocycles. The van der Waals surface area contributed by atoms with Gasteiger partial charge in [0.1, 0.15) is 5.52 Å². The fourth-order valence-corrected chi connectivity index (χ4v) is 1.37. The van der Waals surface area contributed by atoms with Gasteiger partial charge in [-0.2, -0.15) is 0 Å². The van der Waals surface area contributed by atoms with Gasteiger partial charge in [-0.1, -0.05) is 39.8 Å². The Morgan fingerprint density at radius 1 is 0.875 bits per heavy atom. The largest absolute Gasteiger partial charge is 0.441 e. The molecule has 0 atom stereocenters. The Morgan fingerprint density at radius 2 is 1.38 bits per heavy atom. The average Bonchev–Trinajstić information content (AvgIpc) is 2.72. The van der Waals surface area contributed by atoms with E-state index in [9.17, 15) is 0 Å². The third kappa shape index (κ3) is 3.09. The highest BCUT2D eigenvalue weighted by molar-refractivity contribution is 5.79. The topological polar surface area (TPSA) is 26.0 Å². The Kier molecular flexibility index (Phi) is 6.47. The van der Waals surface area contributed by atoms with E-state index in [1.165, 1.54) is 5.56 Å². The van der Waals surface area contributed by atoms with Crippen LogP contribution in [0.2, 0.25) is 0 Å². The van der Waals surface area contributed by atoms with E-state index in [1.54, 1.807) is 0 Å². The maximum Gasteiger partial charge on any atom is 0.192 e. The first-order valence-corrected chi connectivity index (χ1v) is 6.02. The van der Waals surface area contributed by atoms with E-state index in [1.807, 2.05) is 48.5 Å². The molecule has 16 heavy (non-hydrogen) atoms. The Morgan fingerprint density at radius 3 is 1.88 bits per heavy atom. The Balaban J connectivity index is 0.000000509. The normalized spacial score (nSPS) is 8.94. The number of hydrogen-bond donors (Lipinski definition) is 0.